The molecule has 0 aromatic rings. The summed E-state index contributed by atoms with van der Waals surface area (Å²) in [5.41, 5.74) is 0. The standard InChI is InChI=1S/C20H38N4O6/c1-13(2)15(12-25)21-11-9-7-5-6-8-10-16(23-19(27)28)22-17(14(3)4)18(26)24-20(29)30/h12-17,21-23H,5-11H2,1-4H3,(H,24,26)(H,27,28)(H,29,30)/t15?,16?,17-/m0/s1. The van der Waals surface area contributed by atoms with Gasteiger partial charge in [0.25, 0.3) is 0 Å². The first-order valence-electron chi connectivity index (χ1n) is 10.6. The molecule has 0 heterocycles. The van der Waals surface area contributed by atoms with E-state index in [9.17, 15) is 19.2 Å². The van der Waals surface area contributed by atoms with E-state index in [1.807, 2.05) is 19.2 Å². The Hall–Kier alpha value is -2.20. The molecule has 0 fully saturated rings. The van der Waals surface area contributed by atoms with E-state index in [4.69, 9.17) is 10.2 Å². The van der Waals surface area contributed by atoms with Crippen LogP contribution in [0.25, 0.3) is 0 Å². The molecule has 0 aromatic heterocycles. The van der Waals surface area contributed by atoms with Crippen LogP contribution in [0, 0.1) is 11.8 Å². The van der Waals surface area contributed by atoms with E-state index >= 15 is 0 Å². The van der Waals surface area contributed by atoms with Gasteiger partial charge in [0.2, 0.25) is 5.91 Å². The first-order valence-corrected chi connectivity index (χ1v) is 10.6. The molecule has 0 aromatic carbocycles. The first-order chi connectivity index (χ1) is 14.1. The zero-order valence-corrected chi connectivity index (χ0v) is 18.4. The van der Waals surface area contributed by atoms with Crippen LogP contribution < -0.4 is 21.3 Å². The van der Waals surface area contributed by atoms with Gasteiger partial charge >= 0.3 is 12.2 Å². The van der Waals surface area contributed by atoms with Crippen molar-refractivity contribution in [3.8, 4) is 0 Å². The average molecular weight is 431 g/mol. The number of amides is 3. The second-order valence-corrected chi connectivity index (χ2v) is 8.10. The topological polar surface area (TPSA) is 157 Å². The van der Waals surface area contributed by atoms with Crippen LogP contribution in [0.15, 0.2) is 0 Å². The lowest BCUT2D eigenvalue weighted by Crippen LogP contribution is -2.56. The highest BCUT2D eigenvalue weighted by atomic mass is 16.4. The maximum atomic E-state index is 12.0. The van der Waals surface area contributed by atoms with Crippen LogP contribution in [0.5, 0.6) is 0 Å². The van der Waals surface area contributed by atoms with Crippen LogP contribution in [-0.2, 0) is 9.59 Å². The molecule has 0 saturated heterocycles. The van der Waals surface area contributed by atoms with Gasteiger partial charge in [0, 0.05) is 0 Å². The summed E-state index contributed by atoms with van der Waals surface area (Å²) >= 11 is 0. The molecule has 0 aliphatic rings. The minimum atomic E-state index is -1.45. The van der Waals surface area contributed by atoms with Crippen molar-refractivity contribution < 1.29 is 29.4 Å². The third-order valence-corrected chi connectivity index (χ3v) is 4.77. The third kappa shape index (κ3) is 13.1. The highest BCUT2D eigenvalue weighted by Gasteiger charge is 2.27. The molecular weight excluding hydrogens is 392 g/mol. The van der Waals surface area contributed by atoms with Gasteiger partial charge in [-0.2, -0.15) is 0 Å². The molecule has 10 heteroatoms. The minimum absolute atomic E-state index is 0.119. The van der Waals surface area contributed by atoms with Crippen molar-refractivity contribution in [2.75, 3.05) is 6.54 Å². The van der Waals surface area contributed by atoms with Crippen molar-refractivity contribution in [2.45, 2.75) is 84.5 Å². The highest BCUT2D eigenvalue weighted by molar-refractivity contribution is 5.94. The lowest BCUT2D eigenvalue weighted by molar-refractivity contribution is -0.123. The van der Waals surface area contributed by atoms with E-state index in [0.717, 1.165) is 44.9 Å². The second-order valence-electron chi connectivity index (χ2n) is 8.10. The van der Waals surface area contributed by atoms with Crippen molar-refractivity contribution in [3.05, 3.63) is 0 Å². The summed E-state index contributed by atoms with van der Waals surface area (Å²) in [7, 11) is 0. The maximum Gasteiger partial charge on any atom is 0.411 e. The van der Waals surface area contributed by atoms with Gasteiger partial charge in [0.05, 0.1) is 18.2 Å². The number of nitrogens with one attached hydrogen (secondary N) is 4. The Labute approximate surface area is 178 Å². The van der Waals surface area contributed by atoms with Crippen molar-refractivity contribution in [1.82, 2.24) is 21.3 Å². The SMILES string of the molecule is CC(C)C(C=O)NCCCCCCCC(NC(=O)O)N[C@H](C(=O)NC(=O)O)C(C)C. The van der Waals surface area contributed by atoms with Crippen LogP contribution in [0.1, 0.15) is 66.2 Å². The number of aldehydes is 1. The summed E-state index contributed by atoms with van der Waals surface area (Å²) in [6, 6.07) is -0.957. The molecule has 174 valence electrons. The van der Waals surface area contributed by atoms with Gasteiger partial charge in [0.1, 0.15) is 6.29 Å². The average Bonchev–Trinajstić information content (AvgIpc) is 2.62. The van der Waals surface area contributed by atoms with Gasteiger partial charge in [-0.3, -0.25) is 15.4 Å². The lowest BCUT2D eigenvalue weighted by Gasteiger charge is -2.27. The zero-order valence-electron chi connectivity index (χ0n) is 18.4. The highest BCUT2D eigenvalue weighted by Crippen LogP contribution is 2.10. The quantitative estimate of drug-likeness (QED) is 0.123. The number of carbonyl (C=O) groups excluding carboxylic acids is 2. The van der Waals surface area contributed by atoms with E-state index < -0.39 is 30.3 Å². The summed E-state index contributed by atoms with van der Waals surface area (Å²) in [5, 5.41) is 28.1. The number of imide groups is 1. The molecule has 2 unspecified atom stereocenters. The van der Waals surface area contributed by atoms with Gasteiger partial charge < -0.3 is 25.6 Å². The molecule has 10 nitrogen and oxygen atoms in total. The number of hydrogen-bond donors (Lipinski definition) is 6. The lowest BCUT2D eigenvalue weighted by atomic mass is 10.0. The van der Waals surface area contributed by atoms with Crippen LogP contribution >= 0.6 is 0 Å². The number of unbranched alkanes of at least 4 members (excludes halogenated alkanes) is 4. The predicted molar refractivity (Wildman–Crippen MR) is 113 cm³/mol. The molecule has 3 amide bonds. The number of hydrogen-bond acceptors (Lipinski definition) is 6. The molecule has 6 N–H and O–H groups in total. The number of rotatable bonds is 16. The summed E-state index contributed by atoms with van der Waals surface area (Å²) < 4.78 is 0. The predicted octanol–water partition coefficient (Wildman–Crippen LogP) is 2.14. The fourth-order valence-electron chi connectivity index (χ4n) is 3.03. The van der Waals surface area contributed by atoms with Gasteiger partial charge in [-0.05, 0) is 31.2 Å². The number of carbonyl (C=O) groups is 4. The van der Waals surface area contributed by atoms with E-state index in [2.05, 4.69) is 16.0 Å². The molecule has 0 spiro atoms. The maximum absolute atomic E-state index is 12.0. The minimum Gasteiger partial charge on any atom is -0.465 e. The van der Waals surface area contributed by atoms with E-state index in [1.165, 1.54) is 0 Å². The van der Waals surface area contributed by atoms with Gasteiger partial charge in [0.15, 0.2) is 0 Å². The Morgan fingerprint density at radius 2 is 1.47 bits per heavy atom. The van der Waals surface area contributed by atoms with Crippen LogP contribution in [0.4, 0.5) is 9.59 Å². The molecule has 0 saturated carbocycles. The van der Waals surface area contributed by atoms with E-state index in [0.29, 0.717) is 6.42 Å². The van der Waals surface area contributed by atoms with Crippen LogP contribution in [0.3, 0.4) is 0 Å². The summed E-state index contributed by atoms with van der Waals surface area (Å²) in [5.74, 6) is -0.672. The Morgan fingerprint density at radius 3 is 1.97 bits per heavy atom. The molecular formula is C20H38N4O6. The van der Waals surface area contributed by atoms with Gasteiger partial charge in [-0.15, -0.1) is 0 Å². The summed E-state index contributed by atoms with van der Waals surface area (Å²) in [6.07, 6.45) is 2.68. The molecule has 0 bridgehead atoms. The fourth-order valence-corrected chi connectivity index (χ4v) is 3.03. The molecule has 3 atom stereocenters. The molecule has 0 aliphatic heterocycles. The Kier molecular flexibility index (Phi) is 14.5. The molecule has 30 heavy (non-hydrogen) atoms. The largest absolute Gasteiger partial charge is 0.465 e. The zero-order chi connectivity index (χ0) is 23.1. The Morgan fingerprint density at radius 1 is 0.867 bits per heavy atom. The van der Waals surface area contributed by atoms with Gasteiger partial charge in [-0.25, -0.2) is 9.59 Å². The van der Waals surface area contributed by atoms with Crippen LogP contribution in [0.2, 0.25) is 0 Å². The number of carboxylic acid groups (broad SMARTS) is 2. The smallest absolute Gasteiger partial charge is 0.411 e. The Balaban J connectivity index is 4.34. The van der Waals surface area contributed by atoms with Crippen molar-refractivity contribution in [3.63, 3.8) is 0 Å². The van der Waals surface area contributed by atoms with E-state index in [1.54, 1.807) is 13.8 Å². The van der Waals surface area contributed by atoms with Crippen molar-refractivity contribution >= 4 is 24.4 Å². The van der Waals surface area contributed by atoms with Gasteiger partial charge in [-0.1, -0.05) is 53.4 Å². The normalized spacial score (nSPS) is 14.2. The monoisotopic (exact) mass is 430 g/mol. The van der Waals surface area contributed by atoms with Crippen molar-refractivity contribution in [1.29, 1.82) is 0 Å². The first kappa shape index (κ1) is 27.8. The molecule has 0 rings (SSSR count). The van der Waals surface area contributed by atoms with Crippen molar-refractivity contribution in [2.24, 2.45) is 11.8 Å². The summed E-state index contributed by atoms with van der Waals surface area (Å²) in [6.45, 7) is 8.27. The second kappa shape index (κ2) is 15.6. The molecule has 0 radical (unpaired) electrons. The fraction of sp³-hybridized carbons (Fsp3) is 0.800. The van der Waals surface area contributed by atoms with Crippen LogP contribution in [-0.4, -0.2) is 59.4 Å². The summed E-state index contributed by atoms with van der Waals surface area (Å²) in [4.78, 5) is 44.8. The Bertz CT molecular complexity index is 541. The third-order valence-electron chi connectivity index (χ3n) is 4.77. The van der Waals surface area contributed by atoms with E-state index in [-0.39, 0.29) is 17.9 Å². The molecule has 0 aliphatic carbocycles.